The summed E-state index contributed by atoms with van der Waals surface area (Å²) in [7, 11) is 2.85. The first-order valence-corrected chi connectivity index (χ1v) is 11.0. The number of nitrogens with one attached hydrogen (secondary N) is 1. The second-order valence-electron chi connectivity index (χ2n) is 8.26. The number of aromatic nitrogens is 4. The van der Waals surface area contributed by atoms with Crippen molar-refractivity contribution in [1.82, 2.24) is 19.1 Å². The van der Waals surface area contributed by atoms with Gasteiger partial charge in [0.25, 0.3) is 11.2 Å². The van der Waals surface area contributed by atoms with Gasteiger partial charge >= 0.3 is 5.69 Å². The van der Waals surface area contributed by atoms with Gasteiger partial charge in [-0.3, -0.25) is 28.8 Å². The standard InChI is InChI=1S/C20H21ClN6O5S/c1-20(2,3)18-23-15-14(17(29)26(5)19(30)25(15)4)16(24-18)33-9-13(28)22-11-7-6-10(21)8-12(11)27(31)32/h6-8H,9H2,1-5H3,(H,22,28). The molecule has 11 nitrogen and oxygen atoms in total. The number of hydrogen-bond acceptors (Lipinski definition) is 8. The molecule has 2 heterocycles. The van der Waals surface area contributed by atoms with Crippen molar-refractivity contribution in [1.29, 1.82) is 0 Å². The first-order valence-electron chi connectivity index (χ1n) is 9.66. The van der Waals surface area contributed by atoms with Crippen LogP contribution in [0.1, 0.15) is 26.6 Å². The predicted octanol–water partition coefficient (Wildman–Crippen LogP) is 2.62. The highest BCUT2D eigenvalue weighted by molar-refractivity contribution is 8.00. The van der Waals surface area contributed by atoms with Crippen molar-refractivity contribution in [2.45, 2.75) is 31.2 Å². The van der Waals surface area contributed by atoms with Gasteiger partial charge in [0.05, 0.1) is 10.7 Å². The van der Waals surface area contributed by atoms with Crippen molar-refractivity contribution in [2.24, 2.45) is 14.1 Å². The molecule has 0 spiro atoms. The summed E-state index contributed by atoms with van der Waals surface area (Å²) in [6.07, 6.45) is 0. The van der Waals surface area contributed by atoms with Crippen LogP contribution >= 0.6 is 23.4 Å². The minimum absolute atomic E-state index is 0.00348. The lowest BCUT2D eigenvalue weighted by atomic mass is 9.96. The van der Waals surface area contributed by atoms with Gasteiger partial charge in [0.15, 0.2) is 5.65 Å². The average molecular weight is 493 g/mol. The maximum atomic E-state index is 12.8. The van der Waals surface area contributed by atoms with E-state index in [2.05, 4.69) is 15.3 Å². The van der Waals surface area contributed by atoms with Gasteiger partial charge in [0.1, 0.15) is 21.9 Å². The molecule has 0 aliphatic heterocycles. The molecule has 3 rings (SSSR count). The molecule has 0 fully saturated rings. The molecule has 1 N–H and O–H groups in total. The molecule has 0 aliphatic rings. The van der Waals surface area contributed by atoms with Gasteiger partial charge in [-0.1, -0.05) is 44.1 Å². The molecule has 174 valence electrons. The lowest BCUT2D eigenvalue weighted by Crippen LogP contribution is -2.38. The number of fused-ring (bicyclic) bond motifs is 1. The lowest BCUT2D eigenvalue weighted by molar-refractivity contribution is -0.383. The Bertz CT molecular complexity index is 1410. The summed E-state index contributed by atoms with van der Waals surface area (Å²) in [5.74, 6) is -0.341. The molecule has 0 unspecified atom stereocenters. The van der Waals surface area contributed by atoms with Crippen LogP contribution in [0.3, 0.4) is 0 Å². The minimum atomic E-state index is -0.646. The molecule has 0 atom stereocenters. The van der Waals surface area contributed by atoms with Crippen LogP contribution in [0.25, 0.3) is 11.0 Å². The third kappa shape index (κ3) is 4.91. The van der Waals surface area contributed by atoms with Gasteiger partial charge in [0, 0.05) is 30.6 Å². The Labute approximate surface area is 197 Å². The second-order valence-corrected chi connectivity index (χ2v) is 9.66. The van der Waals surface area contributed by atoms with E-state index in [1.54, 1.807) is 0 Å². The fourth-order valence-corrected chi connectivity index (χ4v) is 3.93. The molecule has 1 aromatic carbocycles. The molecular weight excluding hydrogens is 472 g/mol. The molecular formula is C20H21ClN6O5S. The number of benzene rings is 1. The van der Waals surface area contributed by atoms with Crippen molar-refractivity contribution in [3.63, 3.8) is 0 Å². The number of anilines is 1. The number of nitrogens with zero attached hydrogens (tertiary/aromatic N) is 5. The Hall–Kier alpha value is -3.25. The second kappa shape index (κ2) is 8.94. The topological polar surface area (TPSA) is 142 Å². The van der Waals surface area contributed by atoms with Crippen molar-refractivity contribution < 1.29 is 9.72 Å². The highest BCUT2D eigenvalue weighted by Gasteiger charge is 2.24. The van der Waals surface area contributed by atoms with Gasteiger partial charge in [-0.25, -0.2) is 14.8 Å². The first kappa shape index (κ1) is 24.4. The van der Waals surface area contributed by atoms with E-state index in [1.807, 2.05) is 20.8 Å². The third-order valence-electron chi connectivity index (χ3n) is 4.71. The van der Waals surface area contributed by atoms with E-state index in [9.17, 15) is 24.5 Å². The van der Waals surface area contributed by atoms with Gasteiger partial charge in [0.2, 0.25) is 5.91 Å². The number of halogens is 1. The molecule has 0 saturated carbocycles. The number of thioether (sulfide) groups is 1. The lowest BCUT2D eigenvalue weighted by Gasteiger charge is -2.19. The van der Waals surface area contributed by atoms with Crippen LogP contribution in [0.15, 0.2) is 32.8 Å². The van der Waals surface area contributed by atoms with Crippen LogP contribution < -0.4 is 16.6 Å². The zero-order valence-corrected chi connectivity index (χ0v) is 20.1. The van der Waals surface area contributed by atoms with Gasteiger partial charge < -0.3 is 5.32 Å². The van der Waals surface area contributed by atoms with Crippen LogP contribution in [0.5, 0.6) is 0 Å². The van der Waals surface area contributed by atoms with Crippen molar-refractivity contribution in [3.05, 3.63) is 60.0 Å². The summed E-state index contributed by atoms with van der Waals surface area (Å²) in [4.78, 5) is 57.3. The summed E-state index contributed by atoms with van der Waals surface area (Å²) < 4.78 is 2.21. The number of carbonyl (C=O) groups is 1. The number of rotatable bonds is 5. The molecule has 0 saturated heterocycles. The summed E-state index contributed by atoms with van der Waals surface area (Å²) in [6, 6.07) is 3.91. The Kier molecular flexibility index (Phi) is 6.61. The maximum Gasteiger partial charge on any atom is 0.332 e. The van der Waals surface area contributed by atoms with Crippen LogP contribution in [0, 0.1) is 10.1 Å². The van der Waals surface area contributed by atoms with E-state index >= 15 is 0 Å². The molecule has 13 heteroatoms. The number of hydrogen-bond donors (Lipinski definition) is 1. The molecule has 33 heavy (non-hydrogen) atoms. The van der Waals surface area contributed by atoms with Gasteiger partial charge in [-0.15, -0.1) is 0 Å². The highest BCUT2D eigenvalue weighted by Crippen LogP contribution is 2.29. The highest BCUT2D eigenvalue weighted by atomic mass is 35.5. The molecule has 0 bridgehead atoms. The Morgan fingerprint density at radius 2 is 1.88 bits per heavy atom. The third-order valence-corrected chi connectivity index (χ3v) is 5.92. The Morgan fingerprint density at radius 3 is 2.48 bits per heavy atom. The van der Waals surface area contributed by atoms with E-state index in [-0.39, 0.29) is 38.2 Å². The van der Waals surface area contributed by atoms with E-state index in [0.717, 1.165) is 22.4 Å². The van der Waals surface area contributed by atoms with Crippen LogP contribution in [0.2, 0.25) is 5.02 Å². The number of nitro benzene ring substituents is 1. The summed E-state index contributed by atoms with van der Waals surface area (Å²) in [5, 5.41) is 14.3. The predicted molar refractivity (Wildman–Crippen MR) is 126 cm³/mol. The molecule has 0 aliphatic carbocycles. The fraction of sp³-hybridized carbons (Fsp3) is 0.350. The van der Waals surface area contributed by atoms with Crippen LogP contribution in [0.4, 0.5) is 11.4 Å². The normalized spacial score (nSPS) is 11.6. The van der Waals surface area contributed by atoms with Gasteiger partial charge in [-0.2, -0.15) is 0 Å². The smallest absolute Gasteiger partial charge is 0.320 e. The Morgan fingerprint density at radius 1 is 1.21 bits per heavy atom. The SMILES string of the molecule is Cn1c(=O)c2c(SCC(=O)Nc3ccc(Cl)cc3[N+](=O)[O-])nc(C(C)(C)C)nc2n(C)c1=O. The number of nitro groups is 1. The number of carbonyl (C=O) groups excluding carboxylic acids is 1. The fourth-order valence-electron chi connectivity index (χ4n) is 2.95. The minimum Gasteiger partial charge on any atom is -0.320 e. The van der Waals surface area contributed by atoms with E-state index in [0.29, 0.717) is 5.82 Å². The maximum absolute atomic E-state index is 12.8. The molecule has 3 aromatic rings. The summed E-state index contributed by atoms with van der Waals surface area (Å²) in [5.41, 5.74) is -1.78. The summed E-state index contributed by atoms with van der Waals surface area (Å²) in [6.45, 7) is 5.65. The van der Waals surface area contributed by atoms with E-state index in [1.165, 1.54) is 30.8 Å². The van der Waals surface area contributed by atoms with E-state index < -0.39 is 27.5 Å². The van der Waals surface area contributed by atoms with Crippen molar-refractivity contribution in [3.8, 4) is 0 Å². The number of aryl methyl sites for hydroxylation is 1. The van der Waals surface area contributed by atoms with Crippen LogP contribution in [-0.4, -0.2) is 35.7 Å². The van der Waals surface area contributed by atoms with Gasteiger partial charge in [-0.05, 0) is 12.1 Å². The summed E-state index contributed by atoms with van der Waals surface area (Å²) >= 11 is 6.78. The zero-order valence-electron chi connectivity index (χ0n) is 18.5. The largest absolute Gasteiger partial charge is 0.332 e. The molecule has 1 amide bonds. The van der Waals surface area contributed by atoms with Crippen molar-refractivity contribution >= 4 is 51.7 Å². The molecule has 0 radical (unpaired) electrons. The first-order chi connectivity index (χ1) is 15.3. The zero-order chi connectivity index (χ0) is 24.7. The van der Waals surface area contributed by atoms with Crippen molar-refractivity contribution in [2.75, 3.05) is 11.1 Å². The quantitative estimate of drug-likeness (QED) is 0.248. The average Bonchev–Trinajstić information content (AvgIpc) is 2.74. The monoisotopic (exact) mass is 492 g/mol. The Balaban J connectivity index is 2.01. The van der Waals surface area contributed by atoms with E-state index in [4.69, 9.17) is 11.6 Å². The number of amides is 1. The molecule has 2 aromatic heterocycles. The van der Waals surface area contributed by atoms with Crippen LogP contribution in [-0.2, 0) is 24.3 Å².